The van der Waals surface area contributed by atoms with Crippen molar-refractivity contribution in [3.63, 3.8) is 0 Å². The van der Waals surface area contributed by atoms with E-state index < -0.39 is 11.1 Å². The topological polar surface area (TPSA) is 111 Å². The predicted molar refractivity (Wildman–Crippen MR) is 133 cm³/mol. The highest BCUT2D eigenvalue weighted by molar-refractivity contribution is 6.31. The average molecular weight is 475 g/mol. The lowest BCUT2D eigenvalue weighted by molar-refractivity contribution is 0.103. The number of H-pyrrole nitrogens is 3. The minimum Gasteiger partial charge on any atom is -0.348 e. The maximum atomic E-state index is 12.8. The molecule has 0 atom stereocenters. The summed E-state index contributed by atoms with van der Waals surface area (Å²) in [4.78, 5) is 50.8. The van der Waals surface area contributed by atoms with Gasteiger partial charge in [0.2, 0.25) is 0 Å². The molecule has 0 saturated carbocycles. The van der Waals surface area contributed by atoms with E-state index in [1.807, 2.05) is 20.8 Å². The van der Waals surface area contributed by atoms with Gasteiger partial charge >= 0.3 is 0 Å². The summed E-state index contributed by atoms with van der Waals surface area (Å²) in [5.74, 6) is -0.196. The van der Waals surface area contributed by atoms with Crippen LogP contribution in [0.3, 0.4) is 0 Å². The number of aromatic nitrogens is 4. The van der Waals surface area contributed by atoms with E-state index in [1.165, 1.54) is 6.08 Å². The Labute approximate surface area is 199 Å². The summed E-state index contributed by atoms with van der Waals surface area (Å²) in [6, 6.07) is 13.5. The molecule has 2 aromatic carbocycles. The summed E-state index contributed by atoms with van der Waals surface area (Å²) in [7, 11) is 0. The Kier molecular flexibility index (Phi) is 6.22. The normalized spacial score (nSPS) is 12.8. The summed E-state index contributed by atoms with van der Waals surface area (Å²) in [6.45, 7) is 6.07. The zero-order valence-electron chi connectivity index (χ0n) is 18.9. The molecule has 2 heterocycles. The van der Waals surface area contributed by atoms with E-state index in [0.29, 0.717) is 27.4 Å². The van der Waals surface area contributed by atoms with Gasteiger partial charge in [0.05, 0.1) is 12.0 Å². The molecule has 0 aliphatic rings. The second-order valence-corrected chi connectivity index (χ2v) is 9.34. The maximum absolute atomic E-state index is 12.8. The molecule has 4 rings (SSSR count). The molecular formula is C26H23ClN4O3. The SMILES string of the molecule is CC(C)(C)c1[nH]cnc1/C=c1\[nH]c(=O)/c(=C/c2cccc(C(=O)c3cccc(Cl)c3)c2)[nH]c1=O. The fourth-order valence-corrected chi connectivity index (χ4v) is 3.77. The van der Waals surface area contributed by atoms with Crippen LogP contribution in [0.5, 0.6) is 0 Å². The van der Waals surface area contributed by atoms with Crippen LogP contribution >= 0.6 is 11.6 Å². The number of aromatic amines is 3. The van der Waals surface area contributed by atoms with Gasteiger partial charge in [-0.1, -0.05) is 62.7 Å². The van der Waals surface area contributed by atoms with Crippen molar-refractivity contribution in [3.05, 3.63) is 119 Å². The minimum atomic E-state index is -0.467. The molecule has 0 spiro atoms. The van der Waals surface area contributed by atoms with Gasteiger partial charge in [0.15, 0.2) is 5.78 Å². The first-order valence-corrected chi connectivity index (χ1v) is 11.0. The maximum Gasteiger partial charge on any atom is 0.272 e. The van der Waals surface area contributed by atoms with Gasteiger partial charge in [-0.2, -0.15) is 0 Å². The molecule has 2 aromatic heterocycles. The summed E-state index contributed by atoms with van der Waals surface area (Å²) in [5, 5.41) is 0.649. The number of benzene rings is 2. The van der Waals surface area contributed by atoms with Crippen molar-refractivity contribution in [2.75, 3.05) is 0 Å². The Morgan fingerprint density at radius 3 is 2.18 bits per heavy atom. The first kappa shape index (κ1) is 23.2. The van der Waals surface area contributed by atoms with Crippen LogP contribution in [-0.2, 0) is 5.41 Å². The highest BCUT2D eigenvalue weighted by Crippen LogP contribution is 2.22. The van der Waals surface area contributed by atoms with Crippen molar-refractivity contribution in [2.45, 2.75) is 26.2 Å². The number of hydrogen-bond donors (Lipinski definition) is 3. The lowest BCUT2D eigenvalue weighted by Crippen LogP contribution is -2.46. The van der Waals surface area contributed by atoms with Gasteiger partial charge < -0.3 is 15.0 Å². The van der Waals surface area contributed by atoms with Gasteiger partial charge in [0.25, 0.3) is 11.1 Å². The second kappa shape index (κ2) is 9.11. The Morgan fingerprint density at radius 2 is 1.53 bits per heavy atom. The number of nitrogens with zero attached hydrogens (tertiary/aromatic N) is 1. The number of halogens is 1. The summed E-state index contributed by atoms with van der Waals surface area (Å²) in [6.07, 6.45) is 4.62. The standard InChI is InChI=1S/C26H23ClN4O3/c1-26(2,3)23-19(28-14-29-23)13-21-25(34)30-20(24(33)31-21)11-15-6-4-7-16(10-15)22(32)17-8-5-9-18(27)12-17/h4-14H,1-3H3,(H,28,29)(H,30,34)(H,31,33)/b20-11-,21-13-. The number of nitrogens with one attached hydrogen (secondary N) is 3. The largest absolute Gasteiger partial charge is 0.348 e. The van der Waals surface area contributed by atoms with Crippen molar-refractivity contribution < 1.29 is 4.79 Å². The van der Waals surface area contributed by atoms with E-state index in [-0.39, 0.29) is 21.9 Å². The lowest BCUT2D eigenvalue weighted by Gasteiger charge is -2.16. The minimum absolute atomic E-state index is 0.0765. The predicted octanol–water partition coefficient (Wildman–Crippen LogP) is 2.63. The van der Waals surface area contributed by atoms with Crippen molar-refractivity contribution in [1.29, 1.82) is 0 Å². The number of carbonyl (C=O) groups is 1. The smallest absolute Gasteiger partial charge is 0.272 e. The van der Waals surface area contributed by atoms with Crippen LogP contribution in [0.2, 0.25) is 5.02 Å². The van der Waals surface area contributed by atoms with Crippen molar-refractivity contribution in [3.8, 4) is 0 Å². The molecule has 7 nitrogen and oxygen atoms in total. The molecular weight excluding hydrogens is 452 g/mol. The van der Waals surface area contributed by atoms with E-state index in [0.717, 1.165) is 5.69 Å². The number of imidazole rings is 1. The van der Waals surface area contributed by atoms with Crippen LogP contribution in [0.1, 0.15) is 53.6 Å². The fourth-order valence-electron chi connectivity index (χ4n) is 3.58. The van der Waals surface area contributed by atoms with Crippen LogP contribution in [-0.4, -0.2) is 25.7 Å². The molecule has 0 bridgehead atoms. The van der Waals surface area contributed by atoms with Crippen molar-refractivity contribution in [2.24, 2.45) is 0 Å². The molecule has 0 saturated heterocycles. The van der Waals surface area contributed by atoms with E-state index >= 15 is 0 Å². The first-order valence-electron chi connectivity index (χ1n) is 10.6. The van der Waals surface area contributed by atoms with Crippen LogP contribution in [0.15, 0.2) is 64.4 Å². The molecule has 34 heavy (non-hydrogen) atoms. The molecule has 4 aromatic rings. The molecule has 0 aliphatic carbocycles. The van der Waals surface area contributed by atoms with Crippen LogP contribution in [0.4, 0.5) is 0 Å². The van der Waals surface area contributed by atoms with E-state index in [2.05, 4.69) is 19.9 Å². The summed E-state index contributed by atoms with van der Waals surface area (Å²) in [5.41, 5.74) is 1.79. The third-order valence-corrected chi connectivity index (χ3v) is 5.47. The summed E-state index contributed by atoms with van der Waals surface area (Å²) < 4.78 is 0. The zero-order chi connectivity index (χ0) is 24.5. The number of ketones is 1. The third kappa shape index (κ3) is 5.00. The van der Waals surface area contributed by atoms with Crippen molar-refractivity contribution in [1.82, 2.24) is 19.9 Å². The highest BCUT2D eigenvalue weighted by Gasteiger charge is 2.19. The van der Waals surface area contributed by atoms with Crippen LogP contribution in [0.25, 0.3) is 12.2 Å². The lowest BCUT2D eigenvalue weighted by atomic mass is 9.90. The zero-order valence-corrected chi connectivity index (χ0v) is 19.7. The molecule has 0 fully saturated rings. The molecule has 8 heteroatoms. The van der Waals surface area contributed by atoms with Gasteiger partial charge in [-0.05, 0) is 35.9 Å². The molecule has 3 N–H and O–H groups in total. The van der Waals surface area contributed by atoms with Gasteiger partial charge in [-0.25, -0.2) is 4.98 Å². The monoisotopic (exact) mass is 474 g/mol. The molecule has 0 unspecified atom stereocenters. The fraction of sp³-hybridized carbons (Fsp3) is 0.154. The van der Waals surface area contributed by atoms with Crippen molar-refractivity contribution >= 4 is 29.5 Å². The second-order valence-electron chi connectivity index (χ2n) is 8.90. The number of hydrogen-bond acceptors (Lipinski definition) is 4. The van der Waals surface area contributed by atoms with Gasteiger partial charge in [0.1, 0.15) is 10.7 Å². The molecule has 172 valence electrons. The average Bonchev–Trinajstić information content (AvgIpc) is 3.26. The number of carbonyl (C=O) groups excluding carboxylic acids is 1. The molecule has 0 amide bonds. The Hall–Kier alpha value is -3.97. The Bertz CT molecular complexity index is 1620. The quantitative estimate of drug-likeness (QED) is 0.395. The Balaban J connectivity index is 1.73. The first-order chi connectivity index (χ1) is 16.1. The third-order valence-electron chi connectivity index (χ3n) is 5.23. The van der Waals surface area contributed by atoms with Gasteiger partial charge in [0, 0.05) is 27.3 Å². The molecule has 0 radical (unpaired) electrons. The molecule has 0 aliphatic heterocycles. The van der Waals surface area contributed by atoms with Gasteiger partial charge in [-0.15, -0.1) is 0 Å². The highest BCUT2D eigenvalue weighted by atomic mass is 35.5. The summed E-state index contributed by atoms with van der Waals surface area (Å²) >= 11 is 6.00. The van der Waals surface area contributed by atoms with Gasteiger partial charge in [-0.3, -0.25) is 14.4 Å². The van der Waals surface area contributed by atoms with Crippen LogP contribution < -0.4 is 21.8 Å². The van der Waals surface area contributed by atoms with E-state index in [1.54, 1.807) is 60.9 Å². The number of rotatable bonds is 4. The van der Waals surface area contributed by atoms with E-state index in [9.17, 15) is 14.4 Å². The Morgan fingerprint density at radius 1 is 0.912 bits per heavy atom. The van der Waals surface area contributed by atoms with Crippen LogP contribution in [0, 0.1) is 0 Å². The van der Waals surface area contributed by atoms with E-state index in [4.69, 9.17) is 11.6 Å².